The standard InChI is InChI=1S/C25H28F2N8.2ClH/c1-15(2)35-16(3)31-24-19(26)10-18(11-21(24)35)23-20(27)13-30-25(33-23)32-22-5-4-17(12-29-22)14-34-8-6-28-7-9-34;;/h4-5,10-13,15,28H,6-9,14H2,1-3H3,(H,29,30,32,33);2*1H. The Morgan fingerprint density at radius 1 is 1.00 bits per heavy atom. The molecule has 0 radical (unpaired) electrons. The van der Waals surface area contributed by atoms with Gasteiger partial charge in [-0.25, -0.2) is 28.7 Å². The van der Waals surface area contributed by atoms with E-state index < -0.39 is 11.6 Å². The first-order valence-electron chi connectivity index (χ1n) is 11.7. The molecule has 198 valence electrons. The second kappa shape index (κ2) is 12.1. The lowest BCUT2D eigenvalue weighted by Crippen LogP contribution is -2.42. The van der Waals surface area contributed by atoms with Crippen LogP contribution in [-0.2, 0) is 6.54 Å². The number of hydrogen-bond donors (Lipinski definition) is 2. The largest absolute Gasteiger partial charge is 0.326 e. The van der Waals surface area contributed by atoms with Gasteiger partial charge < -0.3 is 15.2 Å². The topological polar surface area (TPSA) is 83.8 Å². The predicted molar refractivity (Wildman–Crippen MR) is 146 cm³/mol. The van der Waals surface area contributed by atoms with Gasteiger partial charge in [0, 0.05) is 50.5 Å². The smallest absolute Gasteiger partial charge is 0.229 e. The Kier molecular flexibility index (Phi) is 9.36. The number of anilines is 2. The summed E-state index contributed by atoms with van der Waals surface area (Å²) in [4.78, 5) is 19.6. The average Bonchev–Trinajstić information content (AvgIpc) is 3.19. The maximum Gasteiger partial charge on any atom is 0.229 e. The van der Waals surface area contributed by atoms with Crippen LogP contribution in [0.25, 0.3) is 22.3 Å². The minimum Gasteiger partial charge on any atom is -0.326 e. The Balaban J connectivity index is 0.00000190. The third kappa shape index (κ3) is 6.15. The maximum atomic E-state index is 14.9. The number of piperazine rings is 1. The van der Waals surface area contributed by atoms with E-state index in [1.807, 2.05) is 43.7 Å². The van der Waals surface area contributed by atoms with E-state index in [0.29, 0.717) is 22.7 Å². The Morgan fingerprint density at radius 3 is 2.43 bits per heavy atom. The Labute approximate surface area is 226 Å². The van der Waals surface area contributed by atoms with Gasteiger partial charge in [0.15, 0.2) is 11.6 Å². The van der Waals surface area contributed by atoms with Crippen molar-refractivity contribution in [2.75, 3.05) is 31.5 Å². The second-order valence-electron chi connectivity index (χ2n) is 9.04. The van der Waals surface area contributed by atoms with Crippen LogP contribution in [0.2, 0.25) is 0 Å². The summed E-state index contributed by atoms with van der Waals surface area (Å²) in [6.07, 6.45) is 2.89. The van der Waals surface area contributed by atoms with Crippen molar-refractivity contribution in [1.29, 1.82) is 0 Å². The molecule has 0 spiro atoms. The molecule has 12 heteroatoms. The van der Waals surface area contributed by atoms with E-state index in [9.17, 15) is 8.78 Å². The lowest BCUT2D eigenvalue weighted by atomic mass is 10.1. The zero-order valence-corrected chi connectivity index (χ0v) is 22.5. The summed E-state index contributed by atoms with van der Waals surface area (Å²) in [6, 6.07) is 6.90. The maximum absolute atomic E-state index is 14.9. The molecule has 2 N–H and O–H groups in total. The van der Waals surface area contributed by atoms with Crippen LogP contribution in [0.15, 0.2) is 36.7 Å². The number of fused-ring (bicyclic) bond motifs is 1. The number of aromatic nitrogens is 5. The molecule has 0 atom stereocenters. The number of halogens is 4. The van der Waals surface area contributed by atoms with Crippen LogP contribution >= 0.6 is 24.8 Å². The summed E-state index contributed by atoms with van der Waals surface area (Å²) in [5.74, 6) is 0.262. The molecular weight excluding hydrogens is 521 g/mol. The van der Waals surface area contributed by atoms with Crippen LogP contribution in [0, 0.1) is 18.6 Å². The lowest BCUT2D eigenvalue weighted by molar-refractivity contribution is 0.233. The molecule has 1 fully saturated rings. The van der Waals surface area contributed by atoms with E-state index in [1.54, 1.807) is 6.07 Å². The van der Waals surface area contributed by atoms with E-state index >= 15 is 0 Å². The molecule has 0 aliphatic carbocycles. The summed E-state index contributed by atoms with van der Waals surface area (Å²) >= 11 is 0. The first-order chi connectivity index (χ1) is 16.9. The summed E-state index contributed by atoms with van der Waals surface area (Å²) in [6.45, 7) is 10.7. The van der Waals surface area contributed by atoms with Gasteiger partial charge in [0.1, 0.15) is 22.9 Å². The van der Waals surface area contributed by atoms with Gasteiger partial charge >= 0.3 is 0 Å². The van der Waals surface area contributed by atoms with Crippen LogP contribution in [-0.4, -0.2) is 55.6 Å². The number of imidazole rings is 1. The summed E-state index contributed by atoms with van der Waals surface area (Å²) in [5.41, 5.74) is 2.30. The molecule has 1 saturated heterocycles. The van der Waals surface area contributed by atoms with Crippen molar-refractivity contribution in [3.63, 3.8) is 0 Å². The van der Waals surface area contributed by atoms with Crippen molar-refractivity contribution in [1.82, 2.24) is 34.7 Å². The predicted octanol–water partition coefficient (Wildman–Crippen LogP) is 5.05. The zero-order chi connectivity index (χ0) is 24.5. The second-order valence-corrected chi connectivity index (χ2v) is 9.04. The van der Waals surface area contributed by atoms with Crippen LogP contribution in [0.4, 0.5) is 20.5 Å². The fraction of sp³-hybridized carbons (Fsp3) is 0.360. The van der Waals surface area contributed by atoms with Gasteiger partial charge in [-0.15, -0.1) is 24.8 Å². The molecule has 0 bridgehead atoms. The summed E-state index contributed by atoms with van der Waals surface area (Å²) < 4.78 is 31.6. The number of nitrogens with zero attached hydrogens (tertiary/aromatic N) is 6. The number of rotatable bonds is 6. The van der Waals surface area contributed by atoms with E-state index in [2.05, 4.69) is 35.5 Å². The van der Waals surface area contributed by atoms with Crippen molar-refractivity contribution >= 4 is 47.6 Å². The third-order valence-corrected chi connectivity index (χ3v) is 6.14. The van der Waals surface area contributed by atoms with Crippen molar-refractivity contribution < 1.29 is 8.78 Å². The molecule has 4 aromatic rings. The van der Waals surface area contributed by atoms with Crippen molar-refractivity contribution in [2.24, 2.45) is 0 Å². The molecule has 0 amide bonds. The SMILES string of the molecule is Cc1nc2c(F)cc(-c3nc(Nc4ccc(CN5CCNCC5)cn4)ncc3F)cc2n1C(C)C.Cl.Cl. The molecule has 1 aliphatic heterocycles. The fourth-order valence-electron chi connectivity index (χ4n) is 4.52. The minimum atomic E-state index is -0.638. The van der Waals surface area contributed by atoms with Gasteiger partial charge in [0.2, 0.25) is 5.95 Å². The van der Waals surface area contributed by atoms with E-state index in [4.69, 9.17) is 0 Å². The summed E-state index contributed by atoms with van der Waals surface area (Å²) in [5, 5.41) is 6.37. The number of benzene rings is 1. The normalized spacial score (nSPS) is 13.9. The third-order valence-electron chi connectivity index (χ3n) is 6.14. The van der Waals surface area contributed by atoms with Crippen LogP contribution < -0.4 is 10.6 Å². The Bertz CT molecular complexity index is 1360. The molecule has 1 aromatic carbocycles. The first-order valence-corrected chi connectivity index (χ1v) is 11.7. The van der Waals surface area contributed by atoms with E-state index in [-0.39, 0.29) is 48.0 Å². The highest BCUT2D eigenvalue weighted by Crippen LogP contribution is 2.30. The highest BCUT2D eigenvalue weighted by molar-refractivity contribution is 5.85. The first kappa shape index (κ1) is 28.6. The molecular formula is C25H30Cl2F2N8. The van der Waals surface area contributed by atoms with E-state index in [1.165, 1.54) is 6.07 Å². The highest BCUT2D eigenvalue weighted by atomic mass is 35.5. The quantitative estimate of drug-likeness (QED) is 0.347. The van der Waals surface area contributed by atoms with Crippen LogP contribution in [0.5, 0.6) is 0 Å². The molecule has 1 aliphatic rings. The zero-order valence-electron chi connectivity index (χ0n) is 20.8. The summed E-state index contributed by atoms with van der Waals surface area (Å²) in [7, 11) is 0. The highest BCUT2D eigenvalue weighted by Gasteiger charge is 2.18. The lowest BCUT2D eigenvalue weighted by Gasteiger charge is -2.27. The number of nitrogens with one attached hydrogen (secondary N) is 2. The molecule has 0 saturated carbocycles. The molecule has 0 unspecified atom stereocenters. The Morgan fingerprint density at radius 2 is 1.76 bits per heavy atom. The monoisotopic (exact) mass is 550 g/mol. The number of hydrogen-bond acceptors (Lipinski definition) is 7. The van der Waals surface area contributed by atoms with Crippen molar-refractivity contribution in [3.8, 4) is 11.3 Å². The fourth-order valence-corrected chi connectivity index (χ4v) is 4.52. The van der Waals surface area contributed by atoms with Gasteiger partial charge in [0.05, 0.1) is 11.7 Å². The van der Waals surface area contributed by atoms with Gasteiger partial charge in [-0.2, -0.15) is 0 Å². The molecule has 3 aromatic heterocycles. The molecule has 37 heavy (non-hydrogen) atoms. The molecule has 4 heterocycles. The molecule has 8 nitrogen and oxygen atoms in total. The number of pyridine rings is 1. The van der Waals surface area contributed by atoms with Gasteiger partial charge in [0.25, 0.3) is 0 Å². The Hall–Kier alpha value is -2.92. The minimum absolute atomic E-state index is 0. The van der Waals surface area contributed by atoms with Gasteiger partial charge in [-0.3, -0.25) is 4.90 Å². The van der Waals surface area contributed by atoms with Crippen molar-refractivity contribution in [3.05, 3.63) is 59.7 Å². The van der Waals surface area contributed by atoms with Gasteiger partial charge in [-0.05, 0) is 44.5 Å². The molecule has 5 rings (SSSR count). The average molecular weight is 551 g/mol. The van der Waals surface area contributed by atoms with Crippen molar-refractivity contribution in [2.45, 2.75) is 33.4 Å². The van der Waals surface area contributed by atoms with Gasteiger partial charge in [-0.1, -0.05) is 6.07 Å². The van der Waals surface area contributed by atoms with Crippen LogP contribution in [0.1, 0.15) is 31.3 Å². The van der Waals surface area contributed by atoms with E-state index in [0.717, 1.165) is 44.5 Å². The van der Waals surface area contributed by atoms with Crippen LogP contribution in [0.3, 0.4) is 0 Å². The number of aryl methyl sites for hydroxylation is 1.